The van der Waals surface area contributed by atoms with Gasteiger partial charge in [0.25, 0.3) is 0 Å². The van der Waals surface area contributed by atoms with Crippen LogP contribution in [0.1, 0.15) is 31.2 Å². The van der Waals surface area contributed by atoms with Gasteiger partial charge in [0.1, 0.15) is 19.0 Å². The van der Waals surface area contributed by atoms with E-state index in [1.165, 1.54) is 28.6 Å². The summed E-state index contributed by atoms with van der Waals surface area (Å²) in [6, 6.07) is 11.1. The molecule has 1 saturated heterocycles. The van der Waals surface area contributed by atoms with Crippen LogP contribution >= 0.6 is 0 Å². The molecule has 5 rings (SSSR count). The minimum absolute atomic E-state index is 0.0678. The molecule has 2 fully saturated rings. The molecule has 0 radical (unpaired) electrons. The van der Waals surface area contributed by atoms with E-state index in [-0.39, 0.29) is 28.6 Å². The molecule has 1 amide bonds. The number of amides is 1. The van der Waals surface area contributed by atoms with Gasteiger partial charge in [0.05, 0.1) is 4.90 Å². The van der Waals surface area contributed by atoms with Gasteiger partial charge >= 0.3 is 0 Å². The van der Waals surface area contributed by atoms with Crippen LogP contribution in [0.3, 0.4) is 0 Å². The molecule has 9 heteroatoms. The zero-order chi connectivity index (χ0) is 23.0. The van der Waals surface area contributed by atoms with Crippen molar-refractivity contribution >= 4 is 15.9 Å². The van der Waals surface area contributed by atoms with E-state index in [0.717, 1.165) is 18.4 Å². The number of rotatable bonds is 6. The van der Waals surface area contributed by atoms with Crippen LogP contribution in [0.5, 0.6) is 11.5 Å². The van der Waals surface area contributed by atoms with Crippen LogP contribution in [-0.2, 0) is 21.4 Å². The molecule has 1 aliphatic carbocycles. The van der Waals surface area contributed by atoms with Gasteiger partial charge in [-0.05, 0) is 55.5 Å². The summed E-state index contributed by atoms with van der Waals surface area (Å²) in [6.45, 7) is 1.88. The Balaban J connectivity index is 1.24. The monoisotopic (exact) mass is 474 g/mol. The van der Waals surface area contributed by atoms with Gasteiger partial charge in [-0.3, -0.25) is 4.79 Å². The number of nitrogens with zero attached hydrogens (tertiary/aromatic N) is 2. The van der Waals surface area contributed by atoms with E-state index in [4.69, 9.17) is 9.47 Å². The first kappa shape index (κ1) is 22.2. The lowest BCUT2D eigenvalue weighted by Crippen LogP contribution is -2.44. The minimum atomic E-state index is -3.68. The molecule has 2 aliphatic heterocycles. The fraction of sp³-hybridized carbons (Fsp3) is 0.458. The van der Waals surface area contributed by atoms with Gasteiger partial charge < -0.3 is 14.4 Å². The molecule has 0 atom stereocenters. The lowest BCUT2D eigenvalue weighted by Gasteiger charge is -2.34. The van der Waals surface area contributed by atoms with E-state index in [9.17, 15) is 17.6 Å². The van der Waals surface area contributed by atoms with Crippen LogP contribution in [0.15, 0.2) is 47.4 Å². The summed E-state index contributed by atoms with van der Waals surface area (Å²) in [5, 5.41) is 0. The lowest BCUT2D eigenvalue weighted by molar-refractivity contribution is -0.138. The van der Waals surface area contributed by atoms with E-state index < -0.39 is 10.0 Å². The Bertz CT molecular complexity index is 1130. The molecule has 33 heavy (non-hydrogen) atoms. The van der Waals surface area contributed by atoms with Crippen LogP contribution in [0, 0.1) is 11.7 Å². The highest BCUT2D eigenvalue weighted by molar-refractivity contribution is 7.89. The summed E-state index contributed by atoms with van der Waals surface area (Å²) < 4.78 is 52.0. The quantitative estimate of drug-likeness (QED) is 0.643. The maximum Gasteiger partial charge on any atom is 0.243 e. The third kappa shape index (κ3) is 4.70. The number of sulfonamides is 1. The number of benzene rings is 2. The number of hydrogen-bond acceptors (Lipinski definition) is 5. The number of carbonyl (C=O) groups excluding carboxylic acids is 1. The highest BCUT2D eigenvalue weighted by atomic mass is 32.2. The molecular formula is C24H27FN2O5S. The van der Waals surface area contributed by atoms with Gasteiger partial charge in [0.2, 0.25) is 15.9 Å². The van der Waals surface area contributed by atoms with Gasteiger partial charge in [0.15, 0.2) is 11.5 Å². The zero-order valence-electron chi connectivity index (χ0n) is 18.3. The number of hydrogen-bond donors (Lipinski definition) is 0. The van der Waals surface area contributed by atoms with Crippen LogP contribution in [0.25, 0.3) is 0 Å². The van der Waals surface area contributed by atoms with Crippen molar-refractivity contribution in [2.24, 2.45) is 5.92 Å². The summed E-state index contributed by atoms with van der Waals surface area (Å²) >= 11 is 0. The van der Waals surface area contributed by atoms with Crippen LogP contribution in [0.4, 0.5) is 4.39 Å². The predicted octanol–water partition coefficient (Wildman–Crippen LogP) is 3.19. The molecule has 2 heterocycles. The highest BCUT2D eigenvalue weighted by Gasteiger charge is 2.39. The molecular weight excluding hydrogens is 447 g/mol. The maximum atomic E-state index is 13.3. The van der Waals surface area contributed by atoms with Crippen molar-refractivity contribution in [2.45, 2.75) is 43.2 Å². The number of piperidine rings is 1. The lowest BCUT2D eigenvalue weighted by atomic mass is 9.96. The fourth-order valence-electron chi connectivity index (χ4n) is 4.47. The predicted molar refractivity (Wildman–Crippen MR) is 119 cm³/mol. The largest absolute Gasteiger partial charge is 0.486 e. The highest BCUT2D eigenvalue weighted by Crippen LogP contribution is 2.35. The summed E-state index contributed by atoms with van der Waals surface area (Å²) in [5.74, 6) is 0.546. The Kier molecular flexibility index (Phi) is 6.01. The smallest absolute Gasteiger partial charge is 0.243 e. The summed E-state index contributed by atoms with van der Waals surface area (Å²) in [7, 11) is -3.68. The second-order valence-electron chi connectivity index (χ2n) is 8.81. The number of ether oxygens (including phenoxy) is 2. The van der Waals surface area contributed by atoms with Crippen molar-refractivity contribution in [1.82, 2.24) is 9.21 Å². The van der Waals surface area contributed by atoms with E-state index in [1.807, 2.05) is 4.90 Å². The molecule has 3 aliphatic rings. The first-order valence-electron chi connectivity index (χ1n) is 11.4. The molecule has 2 aromatic rings. The third-order valence-electron chi connectivity index (χ3n) is 6.49. The first-order chi connectivity index (χ1) is 15.9. The van der Waals surface area contributed by atoms with Gasteiger partial charge in [-0.15, -0.1) is 0 Å². The summed E-state index contributed by atoms with van der Waals surface area (Å²) in [6.07, 6.45) is 2.92. The van der Waals surface area contributed by atoms with Gasteiger partial charge in [-0.1, -0.05) is 12.1 Å². The van der Waals surface area contributed by atoms with Gasteiger partial charge in [-0.25, -0.2) is 12.8 Å². The van der Waals surface area contributed by atoms with Gasteiger partial charge in [0, 0.05) is 37.7 Å². The van der Waals surface area contributed by atoms with E-state index in [1.54, 1.807) is 18.2 Å². The van der Waals surface area contributed by atoms with Crippen LogP contribution in [-0.4, -0.2) is 55.9 Å². The number of halogens is 1. The van der Waals surface area contributed by atoms with Crippen molar-refractivity contribution in [1.29, 1.82) is 0 Å². The number of carbonyl (C=O) groups is 1. The Morgan fingerprint density at radius 3 is 2.30 bits per heavy atom. The standard InChI is InChI=1S/C24H27FN2O5S/c25-19-3-1-17(2-4-19)16-27(20-5-6-20)24(28)18-9-11-26(12-10-18)33(29,30)21-7-8-22-23(15-21)32-14-13-31-22/h1-4,7-8,15,18,20H,5-6,9-14,16H2. The van der Waals surface area contributed by atoms with Crippen molar-refractivity contribution in [3.05, 3.63) is 53.8 Å². The van der Waals surface area contributed by atoms with Crippen molar-refractivity contribution in [3.8, 4) is 11.5 Å². The molecule has 2 aromatic carbocycles. The van der Waals surface area contributed by atoms with Crippen LogP contribution in [0.2, 0.25) is 0 Å². The maximum absolute atomic E-state index is 13.3. The second kappa shape index (κ2) is 8.95. The Morgan fingerprint density at radius 1 is 0.970 bits per heavy atom. The average molecular weight is 475 g/mol. The van der Waals surface area contributed by atoms with Crippen molar-refractivity contribution < 1.29 is 27.1 Å². The molecule has 7 nitrogen and oxygen atoms in total. The Morgan fingerprint density at radius 2 is 1.64 bits per heavy atom. The van der Waals surface area contributed by atoms with E-state index in [2.05, 4.69) is 0 Å². The first-order valence-corrected chi connectivity index (χ1v) is 12.8. The summed E-state index contributed by atoms with van der Waals surface area (Å²) in [4.78, 5) is 15.4. The van der Waals surface area contributed by atoms with Crippen LogP contribution < -0.4 is 9.47 Å². The molecule has 0 aromatic heterocycles. The van der Waals surface area contributed by atoms with E-state index >= 15 is 0 Å². The van der Waals surface area contributed by atoms with E-state index in [0.29, 0.717) is 57.2 Å². The molecule has 0 spiro atoms. The average Bonchev–Trinajstić information content (AvgIpc) is 3.68. The van der Waals surface area contributed by atoms with Crippen molar-refractivity contribution in [3.63, 3.8) is 0 Å². The molecule has 0 bridgehead atoms. The molecule has 1 saturated carbocycles. The molecule has 0 unspecified atom stereocenters. The molecule has 176 valence electrons. The molecule has 0 N–H and O–H groups in total. The van der Waals surface area contributed by atoms with Crippen molar-refractivity contribution in [2.75, 3.05) is 26.3 Å². The summed E-state index contributed by atoms with van der Waals surface area (Å²) in [5.41, 5.74) is 0.898. The minimum Gasteiger partial charge on any atom is -0.486 e. The second-order valence-corrected chi connectivity index (χ2v) is 10.7. The fourth-order valence-corrected chi connectivity index (χ4v) is 5.96. The third-order valence-corrected chi connectivity index (χ3v) is 8.39. The zero-order valence-corrected chi connectivity index (χ0v) is 19.1. The Labute approximate surface area is 193 Å². The Hall–Kier alpha value is -2.65. The SMILES string of the molecule is O=C(C1CCN(S(=O)(=O)c2ccc3c(c2)OCCO3)CC1)N(Cc1ccc(F)cc1)C1CC1. The number of fused-ring (bicyclic) bond motifs is 1. The topological polar surface area (TPSA) is 76.2 Å². The normalized spacial score (nSPS) is 19.3. The van der Waals surface area contributed by atoms with Gasteiger partial charge in [-0.2, -0.15) is 4.31 Å².